The third kappa shape index (κ3) is 4.19. The molecule has 0 spiro atoms. The summed E-state index contributed by atoms with van der Waals surface area (Å²) in [4.78, 5) is 12.3. The average Bonchev–Trinajstić information content (AvgIpc) is 2.59. The molecule has 0 radical (unpaired) electrons. The molecule has 1 aliphatic heterocycles. The predicted molar refractivity (Wildman–Crippen MR) is 85.9 cm³/mol. The fourth-order valence-electron chi connectivity index (χ4n) is 2.69. The Hall–Kier alpha value is -1.69. The maximum atomic E-state index is 12.3. The van der Waals surface area contributed by atoms with Crippen molar-refractivity contribution in [2.75, 3.05) is 13.2 Å². The van der Waals surface area contributed by atoms with E-state index in [0.29, 0.717) is 5.56 Å². The molecule has 23 heavy (non-hydrogen) atoms. The van der Waals surface area contributed by atoms with Crippen LogP contribution in [0.4, 0.5) is 0 Å². The SMILES string of the molecule is C=CCOC1O[C@H](CO)[C@@H](C)[C@H](C)[C@H]1OC(=O)c1ccccc1. The molecule has 0 saturated carbocycles. The first-order valence-corrected chi connectivity index (χ1v) is 7.83. The van der Waals surface area contributed by atoms with E-state index in [2.05, 4.69) is 6.58 Å². The number of aliphatic hydroxyl groups excluding tert-OH is 1. The number of carbonyl (C=O) groups is 1. The molecule has 2 rings (SSSR count). The van der Waals surface area contributed by atoms with Crippen LogP contribution >= 0.6 is 0 Å². The summed E-state index contributed by atoms with van der Waals surface area (Å²) in [6.45, 7) is 7.74. The van der Waals surface area contributed by atoms with Crippen LogP contribution in [0.2, 0.25) is 0 Å². The summed E-state index contributed by atoms with van der Waals surface area (Å²) in [7, 11) is 0. The first-order valence-electron chi connectivity index (χ1n) is 7.83. The number of hydrogen-bond donors (Lipinski definition) is 1. The van der Waals surface area contributed by atoms with Gasteiger partial charge in [-0.1, -0.05) is 38.1 Å². The smallest absolute Gasteiger partial charge is 0.338 e. The Morgan fingerprint density at radius 3 is 2.61 bits per heavy atom. The highest BCUT2D eigenvalue weighted by molar-refractivity contribution is 5.89. The lowest BCUT2D eigenvalue weighted by Crippen LogP contribution is -2.53. The molecule has 0 aliphatic carbocycles. The first-order chi connectivity index (χ1) is 11.1. The van der Waals surface area contributed by atoms with Gasteiger partial charge < -0.3 is 19.3 Å². The van der Waals surface area contributed by atoms with Crippen LogP contribution in [0, 0.1) is 11.8 Å². The Balaban J connectivity index is 2.14. The molecule has 1 N–H and O–H groups in total. The second kappa shape index (κ2) is 8.24. The van der Waals surface area contributed by atoms with Gasteiger partial charge in [0.2, 0.25) is 0 Å². The van der Waals surface area contributed by atoms with Crippen molar-refractivity contribution in [1.82, 2.24) is 0 Å². The molecule has 0 amide bonds. The summed E-state index contributed by atoms with van der Waals surface area (Å²) >= 11 is 0. The van der Waals surface area contributed by atoms with Gasteiger partial charge in [-0.3, -0.25) is 0 Å². The number of ether oxygens (including phenoxy) is 3. The maximum Gasteiger partial charge on any atom is 0.338 e. The Kier molecular flexibility index (Phi) is 6.33. The second-order valence-corrected chi connectivity index (χ2v) is 5.80. The molecule has 1 aromatic carbocycles. The zero-order chi connectivity index (χ0) is 16.8. The van der Waals surface area contributed by atoms with Crippen molar-refractivity contribution >= 4 is 5.97 Å². The van der Waals surface area contributed by atoms with Crippen LogP contribution in [0.1, 0.15) is 24.2 Å². The molecule has 0 bridgehead atoms. The van der Waals surface area contributed by atoms with Crippen LogP contribution in [0.15, 0.2) is 43.0 Å². The van der Waals surface area contributed by atoms with E-state index in [1.165, 1.54) is 0 Å². The molecule has 5 atom stereocenters. The Morgan fingerprint density at radius 2 is 2.00 bits per heavy atom. The van der Waals surface area contributed by atoms with E-state index >= 15 is 0 Å². The van der Waals surface area contributed by atoms with Crippen molar-refractivity contribution in [1.29, 1.82) is 0 Å². The summed E-state index contributed by atoms with van der Waals surface area (Å²) in [5.41, 5.74) is 0.485. The van der Waals surface area contributed by atoms with Crippen LogP contribution in [0.5, 0.6) is 0 Å². The summed E-state index contributed by atoms with van der Waals surface area (Å²) < 4.78 is 17.0. The van der Waals surface area contributed by atoms with Crippen LogP contribution in [0.25, 0.3) is 0 Å². The zero-order valence-corrected chi connectivity index (χ0v) is 13.6. The number of hydrogen-bond acceptors (Lipinski definition) is 5. The molecule has 5 nitrogen and oxygen atoms in total. The quantitative estimate of drug-likeness (QED) is 0.644. The number of rotatable bonds is 6. The molecule has 1 unspecified atom stereocenters. The lowest BCUT2D eigenvalue weighted by atomic mass is 9.83. The standard InChI is InChI=1S/C18H24O5/c1-4-10-21-18-16(13(3)12(2)15(11-19)22-18)23-17(20)14-8-6-5-7-9-14/h4-9,12-13,15-16,18-19H,1,10-11H2,2-3H3/t12-,13-,15+,16+,18?/m0/s1. The predicted octanol–water partition coefficient (Wildman–Crippen LogP) is 2.40. The summed E-state index contributed by atoms with van der Waals surface area (Å²) in [5, 5.41) is 9.46. The van der Waals surface area contributed by atoms with Crippen molar-refractivity contribution in [3.05, 3.63) is 48.6 Å². The van der Waals surface area contributed by atoms with E-state index in [0.717, 1.165) is 0 Å². The van der Waals surface area contributed by atoms with E-state index in [1.807, 2.05) is 19.9 Å². The fourth-order valence-corrected chi connectivity index (χ4v) is 2.69. The third-order valence-electron chi connectivity index (χ3n) is 4.32. The Bertz CT molecular complexity index is 515. The molecule has 0 aromatic heterocycles. The lowest BCUT2D eigenvalue weighted by Gasteiger charge is -2.43. The van der Waals surface area contributed by atoms with Gasteiger partial charge in [0, 0.05) is 5.92 Å². The van der Waals surface area contributed by atoms with E-state index < -0.39 is 18.4 Å². The van der Waals surface area contributed by atoms with Crippen molar-refractivity contribution in [2.24, 2.45) is 11.8 Å². The van der Waals surface area contributed by atoms with E-state index in [1.54, 1.807) is 30.3 Å². The molecular weight excluding hydrogens is 296 g/mol. The molecule has 1 fully saturated rings. The minimum absolute atomic E-state index is 0.0108. The fraction of sp³-hybridized carbons (Fsp3) is 0.500. The highest BCUT2D eigenvalue weighted by Gasteiger charge is 2.44. The van der Waals surface area contributed by atoms with Gasteiger partial charge in [0.25, 0.3) is 0 Å². The van der Waals surface area contributed by atoms with E-state index in [-0.39, 0.29) is 31.2 Å². The number of esters is 1. The van der Waals surface area contributed by atoms with Crippen LogP contribution in [0.3, 0.4) is 0 Å². The summed E-state index contributed by atoms with van der Waals surface area (Å²) in [6.07, 6.45) is 0.00627. The van der Waals surface area contributed by atoms with Crippen molar-refractivity contribution in [3.8, 4) is 0 Å². The Morgan fingerprint density at radius 1 is 1.30 bits per heavy atom. The van der Waals surface area contributed by atoms with Gasteiger partial charge in [-0.2, -0.15) is 0 Å². The Labute approximate surface area is 136 Å². The van der Waals surface area contributed by atoms with Crippen LogP contribution in [-0.4, -0.2) is 42.8 Å². The van der Waals surface area contributed by atoms with Crippen molar-refractivity contribution in [3.63, 3.8) is 0 Å². The molecule has 5 heteroatoms. The highest BCUT2D eigenvalue weighted by Crippen LogP contribution is 2.33. The van der Waals surface area contributed by atoms with Crippen LogP contribution in [-0.2, 0) is 14.2 Å². The number of benzene rings is 1. The zero-order valence-electron chi connectivity index (χ0n) is 13.6. The van der Waals surface area contributed by atoms with Gasteiger partial charge in [-0.25, -0.2) is 4.79 Å². The molecule has 1 aromatic rings. The van der Waals surface area contributed by atoms with Crippen molar-refractivity contribution in [2.45, 2.75) is 32.3 Å². The largest absolute Gasteiger partial charge is 0.453 e. The van der Waals surface area contributed by atoms with Crippen LogP contribution < -0.4 is 0 Å². The normalized spacial score (nSPS) is 30.7. The maximum absolute atomic E-state index is 12.3. The van der Waals surface area contributed by atoms with Gasteiger partial charge in [0.15, 0.2) is 12.4 Å². The summed E-state index contributed by atoms with van der Waals surface area (Å²) in [6, 6.07) is 8.82. The van der Waals surface area contributed by atoms with Gasteiger partial charge in [-0.05, 0) is 18.1 Å². The number of aliphatic hydroxyl groups is 1. The van der Waals surface area contributed by atoms with Gasteiger partial charge in [0.05, 0.1) is 24.9 Å². The second-order valence-electron chi connectivity index (χ2n) is 5.80. The van der Waals surface area contributed by atoms with E-state index in [9.17, 15) is 9.90 Å². The lowest BCUT2D eigenvalue weighted by molar-refractivity contribution is -0.270. The molecule has 126 valence electrons. The number of carbonyl (C=O) groups excluding carboxylic acids is 1. The topological polar surface area (TPSA) is 65.0 Å². The highest BCUT2D eigenvalue weighted by atomic mass is 16.7. The molecule has 1 aliphatic rings. The van der Waals surface area contributed by atoms with Crippen molar-refractivity contribution < 1.29 is 24.1 Å². The summed E-state index contributed by atoms with van der Waals surface area (Å²) in [5.74, 6) is -0.381. The minimum atomic E-state index is -0.719. The third-order valence-corrected chi connectivity index (χ3v) is 4.32. The molecule has 1 heterocycles. The van der Waals surface area contributed by atoms with Gasteiger partial charge >= 0.3 is 5.97 Å². The van der Waals surface area contributed by atoms with Gasteiger partial charge in [-0.15, -0.1) is 6.58 Å². The average molecular weight is 320 g/mol. The minimum Gasteiger partial charge on any atom is -0.453 e. The first kappa shape index (κ1) is 17.7. The molecule has 1 saturated heterocycles. The van der Waals surface area contributed by atoms with Gasteiger partial charge in [0.1, 0.15) is 0 Å². The molecular formula is C18H24O5. The monoisotopic (exact) mass is 320 g/mol. The van der Waals surface area contributed by atoms with E-state index in [4.69, 9.17) is 14.2 Å².